The molecule has 0 amide bonds. The number of ketones is 1. The molecule has 12 heteroatoms. The van der Waals surface area contributed by atoms with Crippen LogP contribution in [0.5, 0.6) is 5.75 Å². The number of rotatable bonds is 8. The Bertz CT molecular complexity index is 1780. The molecule has 2 aliphatic rings. The minimum absolute atomic E-state index is 0.0482. The third-order valence-electron chi connectivity index (χ3n) is 8.24. The van der Waals surface area contributed by atoms with Crippen molar-refractivity contribution in [3.8, 4) is 5.75 Å². The first-order chi connectivity index (χ1) is 22.4. The molecule has 1 aliphatic carbocycles. The molecule has 0 saturated carbocycles. The van der Waals surface area contributed by atoms with E-state index in [0.29, 0.717) is 11.3 Å². The predicted octanol–water partition coefficient (Wildman–Crippen LogP) is 6.38. The maximum Gasteiger partial charge on any atom is 0.416 e. The van der Waals surface area contributed by atoms with Gasteiger partial charge in [-0.15, -0.1) is 0 Å². The van der Waals surface area contributed by atoms with E-state index in [1.54, 1.807) is 31.2 Å². The first-order valence-electron chi connectivity index (χ1n) is 14.9. The number of ether oxygens (including phenoxy) is 3. The quantitative estimate of drug-likeness (QED) is 0.170. The van der Waals surface area contributed by atoms with Gasteiger partial charge in [-0.25, -0.2) is 9.18 Å². The Balaban J connectivity index is 1.86. The fraction of sp³-hybridized carbons (Fsp3) is 0.286. The van der Waals surface area contributed by atoms with Crippen molar-refractivity contribution in [2.45, 2.75) is 38.3 Å². The zero-order valence-corrected chi connectivity index (χ0v) is 25.8. The number of benzene rings is 3. The van der Waals surface area contributed by atoms with E-state index in [-0.39, 0.29) is 53.5 Å². The van der Waals surface area contributed by atoms with Crippen molar-refractivity contribution >= 4 is 23.4 Å². The van der Waals surface area contributed by atoms with Crippen molar-refractivity contribution in [2.24, 2.45) is 11.7 Å². The molecule has 8 nitrogen and oxygen atoms in total. The molecule has 1 heterocycles. The number of allylic oxidation sites excluding steroid dienone is 2. The molecular weight excluding hydrogens is 620 g/mol. The summed E-state index contributed by atoms with van der Waals surface area (Å²) in [5.41, 5.74) is 5.54. The second-order valence-corrected chi connectivity index (χ2v) is 10.9. The third-order valence-corrected chi connectivity index (χ3v) is 8.24. The number of methoxy groups -OCH3 is 1. The van der Waals surface area contributed by atoms with Crippen molar-refractivity contribution in [3.63, 3.8) is 0 Å². The number of hydrogen-bond acceptors (Lipinski definition) is 8. The van der Waals surface area contributed by atoms with Crippen molar-refractivity contribution < 1.29 is 46.2 Å². The Morgan fingerprint density at radius 3 is 2.32 bits per heavy atom. The molecule has 0 unspecified atom stereocenters. The molecule has 0 saturated heterocycles. The predicted molar refractivity (Wildman–Crippen MR) is 163 cm³/mol. The summed E-state index contributed by atoms with van der Waals surface area (Å²) in [5, 5.41) is 0. The molecule has 0 aromatic heterocycles. The fourth-order valence-corrected chi connectivity index (χ4v) is 6.26. The van der Waals surface area contributed by atoms with Gasteiger partial charge in [0.2, 0.25) is 0 Å². The van der Waals surface area contributed by atoms with Crippen LogP contribution < -0.4 is 15.4 Å². The van der Waals surface area contributed by atoms with Crippen molar-refractivity contribution in [1.29, 1.82) is 0 Å². The average Bonchev–Trinajstić information content (AvgIpc) is 3.04. The number of anilines is 1. The van der Waals surface area contributed by atoms with Crippen LogP contribution in [0.25, 0.3) is 0 Å². The number of Topliss-reactive ketones (excluding diaryl/α,β-unsaturated/α-hetero) is 1. The van der Waals surface area contributed by atoms with E-state index in [1.165, 1.54) is 49.3 Å². The summed E-state index contributed by atoms with van der Waals surface area (Å²) in [6, 6.07) is 16.4. The molecular formula is C35H32F4N2O6. The van der Waals surface area contributed by atoms with Gasteiger partial charge in [-0.3, -0.25) is 14.5 Å². The van der Waals surface area contributed by atoms with Crippen LogP contribution in [-0.4, -0.2) is 38.0 Å². The van der Waals surface area contributed by atoms with Crippen LogP contribution in [-0.2, 0) is 30.0 Å². The third kappa shape index (κ3) is 6.19. The van der Waals surface area contributed by atoms with Crippen LogP contribution in [0.15, 0.2) is 95.5 Å². The smallest absolute Gasteiger partial charge is 0.416 e. The number of hydrogen-bond donors (Lipinski definition) is 1. The van der Waals surface area contributed by atoms with E-state index >= 15 is 4.39 Å². The maximum absolute atomic E-state index is 15.6. The van der Waals surface area contributed by atoms with Crippen LogP contribution in [0.1, 0.15) is 48.8 Å². The molecule has 0 radical (unpaired) electrons. The molecule has 0 spiro atoms. The van der Waals surface area contributed by atoms with E-state index in [4.69, 9.17) is 19.9 Å². The number of alkyl halides is 3. The Hall–Kier alpha value is -5.13. The fourth-order valence-electron chi connectivity index (χ4n) is 6.26. The highest BCUT2D eigenvalue weighted by atomic mass is 19.4. The van der Waals surface area contributed by atoms with Gasteiger partial charge in [0.1, 0.15) is 23.3 Å². The molecule has 2 N–H and O–H groups in total. The van der Waals surface area contributed by atoms with E-state index < -0.39 is 53.0 Å². The van der Waals surface area contributed by atoms with Crippen LogP contribution in [0.2, 0.25) is 0 Å². The number of esters is 2. The normalized spacial score (nSPS) is 19.8. The largest absolute Gasteiger partial charge is 0.497 e. The van der Waals surface area contributed by atoms with Gasteiger partial charge in [0, 0.05) is 28.4 Å². The number of nitrogens with two attached hydrogens (primary N) is 1. The Morgan fingerprint density at radius 1 is 0.957 bits per heavy atom. The molecule has 0 fully saturated rings. The summed E-state index contributed by atoms with van der Waals surface area (Å²) in [6.45, 7) is 2.95. The number of halogens is 4. The monoisotopic (exact) mass is 652 g/mol. The van der Waals surface area contributed by atoms with Gasteiger partial charge in [0.05, 0.1) is 37.4 Å². The highest BCUT2D eigenvalue weighted by molar-refractivity contribution is 6.14. The Kier molecular flexibility index (Phi) is 9.41. The van der Waals surface area contributed by atoms with Gasteiger partial charge >= 0.3 is 18.1 Å². The Morgan fingerprint density at radius 2 is 1.66 bits per heavy atom. The topological polar surface area (TPSA) is 108 Å². The van der Waals surface area contributed by atoms with Crippen molar-refractivity contribution in [2.75, 3.05) is 25.2 Å². The Labute approximate surface area is 268 Å². The first-order valence-corrected chi connectivity index (χ1v) is 14.9. The molecule has 0 bridgehead atoms. The molecule has 246 valence electrons. The van der Waals surface area contributed by atoms with Crippen LogP contribution >= 0.6 is 0 Å². The molecule has 5 rings (SSSR count). The van der Waals surface area contributed by atoms with Crippen LogP contribution in [0.3, 0.4) is 0 Å². The van der Waals surface area contributed by atoms with Gasteiger partial charge in [0.15, 0.2) is 5.78 Å². The minimum Gasteiger partial charge on any atom is -0.497 e. The van der Waals surface area contributed by atoms with Crippen LogP contribution in [0, 0.1) is 11.7 Å². The lowest BCUT2D eigenvalue weighted by atomic mass is 9.66. The summed E-state index contributed by atoms with van der Waals surface area (Å²) in [6.07, 6.45) is -4.86. The summed E-state index contributed by atoms with van der Waals surface area (Å²) in [4.78, 5) is 43.2. The molecule has 3 aromatic carbocycles. The molecule has 3 aromatic rings. The van der Waals surface area contributed by atoms with Gasteiger partial charge in [-0.05, 0) is 62.2 Å². The zero-order valence-electron chi connectivity index (χ0n) is 25.8. The summed E-state index contributed by atoms with van der Waals surface area (Å²) >= 11 is 0. The van der Waals surface area contributed by atoms with E-state index in [2.05, 4.69) is 0 Å². The summed E-state index contributed by atoms with van der Waals surface area (Å²) < 4.78 is 73.4. The van der Waals surface area contributed by atoms with E-state index in [1.807, 2.05) is 0 Å². The maximum atomic E-state index is 15.6. The van der Waals surface area contributed by atoms with Gasteiger partial charge < -0.3 is 19.9 Å². The second kappa shape index (κ2) is 13.3. The lowest BCUT2D eigenvalue weighted by Gasteiger charge is -2.44. The number of carbonyl (C=O) groups is 3. The summed E-state index contributed by atoms with van der Waals surface area (Å²) in [5.74, 6) is -7.15. The number of nitrogens with zero attached hydrogens (tertiary/aromatic N) is 1. The summed E-state index contributed by atoms with van der Waals surface area (Å²) in [7, 11) is 1.45. The van der Waals surface area contributed by atoms with Gasteiger partial charge in [-0.1, -0.05) is 36.4 Å². The lowest BCUT2D eigenvalue weighted by molar-refractivity contribution is -0.152. The molecule has 3 atom stereocenters. The SMILES string of the molecule is CCOC(=O)C1=C(N)N(c2cccc(C(F)(F)F)c2)C2=C(C(=O)[C@@H](C(=O)OCC)[C@@H](c3cccc(OC)c3)C2)[C@@H]1c1ccccc1F. The molecule has 47 heavy (non-hydrogen) atoms. The highest BCUT2D eigenvalue weighted by Gasteiger charge is 2.52. The van der Waals surface area contributed by atoms with Gasteiger partial charge in [0.25, 0.3) is 0 Å². The molecule has 1 aliphatic heterocycles. The second-order valence-electron chi connectivity index (χ2n) is 10.9. The zero-order chi connectivity index (χ0) is 34.0. The lowest BCUT2D eigenvalue weighted by Crippen LogP contribution is -2.46. The van der Waals surface area contributed by atoms with Crippen molar-refractivity contribution in [1.82, 2.24) is 0 Å². The minimum atomic E-state index is -4.73. The number of carbonyl (C=O) groups excluding carboxylic acids is 3. The average molecular weight is 653 g/mol. The van der Waals surface area contributed by atoms with E-state index in [0.717, 1.165) is 18.2 Å². The standard InChI is InChI=1S/C35H32F4N2O6/c1-4-46-33(43)28-24(19-10-8-13-22(16-19)45-3)18-26-29(31(28)42)27(23-14-6-7-15-25(23)36)30(34(44)47-5-2)32(40)41(26)21-12-9-11-20(17-21)35(37,38)39/h6-17,24,27-28H,4-5,18,40H2,1-3H3/t24-,27+,28+/m1/s1. The van der Waals surface area contributed by atoms with E-state index in [9.17, 15) is 27.6 Å². The first kappa shape index (κ1) is 33.2. The van der Waals surface area contributed by atoms with Crippen molar-refractivity contribution in [3.05, 3.63) is 118 Å². The van der Waals surface area contributed by atoms with Gasteiger partial charge in [-0.2, -0.15) is 13.2 Å². The van der Waals surface area contributed by atoms with Crippen LogP contribution in [0.4, 0.5) is 23.2 Å². The highest BCUT2D eigenvalue weighted by Crippen LogP contribution is 2.52.